The summed E-state index contributed by atoms with van der Waals surface area (Å²) in [5, 5.41) is 5.50. The summed E-state index contributed by atoms with van der Waals surface area (Å²) < 4.78 is 21.6. The molecular weight excluding hydrogens is 236 g/mol. The lowest BCUT2D eigenvalue weighted by Crippen LogP contribution is -2.39. The zero-order chi connectivity index (χ0) is 11.6. The summed E-state index contributed by atoms with van der Waals surface area (Å²) in [5.41, 5.74) is 5.00. The van der Waals surface area contributed by atoms with E-state index in [4.69, 9.17) is 30.4 Å². The molecule has 0 fully saturated rings. The van der Waals surface area contributed by atoms with Crippen LogP contribution in [0.25, 0.3) is 0 Å². The molecule has 0 heterocycles. The Balaban J connectivity index is 5.08. The summed E-state index contributed by atoms with van der Waals surface area (Å²) in [6.07, 6.45) is -0.856. The van der Waals surface area contributed by atoms with Crippen LogP contribution < -0.4 is 5.73 Å². The van der Waals surface area contributed by atoms with Gasteiger partial charge in [-0.05, 0) is 12.8 Å². The zero-order valence-corrected chi connectivity index (χ0v) is 8.93. The van der Waals surface area contributed by atoms with E-state index in [1.807, 2.05) is 0 Å². The first kappa shape index (κ1) is 14.2. The topological polar surface area (TPSA) is 161 Å². The first-order valence-corrected chi connectivity index (χ1v) is 6.80. The van der Waals surface area contributed by atoms with Gasteiger partial charge in [-0.15, -0.1) is 0 Å². The van der Waals surface area contributed by atoms with Crippen LogP contribution in [0, 0.1) is 0 Å². The van der Waals surface area contributed by atoms with E-state index >= 15 is 0 Å². The van der Waals surface area contributed by atoms with Gasteiger partial charge in [-0.1, -0.05) is 0 Å². The van der Waals surface area contributed by atoms with E-state index in [2.05, 4.69) is 0 Å². The Morgan fingerprint density at radius 3 is 1.64 bits per heavy atom. The molecule has 0 atom stereocenters. The lowest BCUT2D eigenvalue weighted by atomic mass is 10.3. The number of hydrogen-bond acceptors (Lipinski definition) is 4. The molecule has 0 aliphatic carbocycles. The number of aliphatic hydroxyl groups is 1. The fourth-order valence-corrected chi connectivity index (χ4v) is 3.06. The van der Waals surface area contributed by atoms with Gasteiger partial charge in [-0.25, -0.2) is 0 Å². The third kappa shape index (κ3) is 2.85. The van der Waals surface area contributed by atoms with Gasteiger partial charge >= 0.3 is 15.2 Å². The Bertz CT molecular complexity index is 257. The van der Waals surface area contributed by atoms with Crippen LogP contribution >= 0.6 is 15.2 Å². The van der Waals surface area contributed by atoms with Crippen molar-refractivity contribution in [1.29, 1.82) is 0 Å². The molecule has 14 heavy (non-hydrogen) atoms. The molecule has 10 heteroatoms. The molecule has 8 nitrogen and oxygen atoms in total. The van der Waals surface area contributed by atoms with E-state index in [1.165, 1.54) is 0 Å². The van der Waals surface area contributed by atoms with E-state index in [1.54, 1.807) is 0 Å². The summed E-state index contributed by atoms with van der Waals surface area (Å²) in [5.74, 6) is 0. The fraction of sp³-hybridized carbons (Fsp3) is 1.00. The average Bonchev–Trinajstić information content (AvgIpc) is 1.95. The highest BCUT2D eigenvalue weighted by Crippen LogP contribution is 2.67. The minimum absolute atomic E-state index is 0.202. The van der Waals surface area contributed by atoms with Gasteiger partial charge in [0.1, 0.15) is 0 Å². The van der Waals surface area contributed by atoms with Crippen LogP contribution in [0.2, 0.25) is 0 Å². The molecule has 0 saturated carbocycles. The Hall–Kier alpha value is 0.220. The highest BCUT2D eigenvalue weighted by molar-refractivity contribution is 7.72. The van der Waals surface area contributed by atoms with Crippen molar-refractivity contribution in [2.75, 3.05) is 6.61 Å². The highest BCUT2D eigenvalue weighted by Gasteiger charge is 2.56. The molecule has 0 aliphatic rings. The van der Waals surface area contributed by atoms with Gasteiger partial charge in [-0.3, -0.25) is 9.13 Å². The van der Waals surface area contributed by atoms with Gasteiger partial charge in [-0.2, -0.15) is 0 Å². The van der Waals surface area contributed by atoms with Gasteiger partial charge in [0.15, 0.2) is 0 Å². The van der Waals surface area contributed by atoms with Crippen molar-refractivity contribution in [2.45, 2.75) is 17.9 Å². The summed E-state index contributed by atoms with van der Waals surface area (Å²) in [6.45, 7) is -0.459. The molecule has 0 radical (unpaired) electrons. The maximum atomic E-state index is 10.8. The van der Waals surface area contributed by atoms with Gasteiger partial charge in [0.05, 0.1) is 0 Å². The number of rotatable bonds is 5. The quantitative estimate of drug-likeness (QED) is 0.328. The number of hydrogen-bond donors (Lipinski definition) is 6. The van der Waals surface area contributed by atoms with Crippen LogP contribution in [-0.2, 0) is 9.13 Å². The van der Waals surface area contributed by atoms with Crippen LogP contribution in [0.4, 0.5) is 0 Å². The van der Waals surface area contributed by atoms with Crippen LogP contribution in [0.3, 0.4) is 0 Å². The molecule has 0 spiro atoms. The molecular formula is C4H13NO7P2. The average molecular weight is 249 g/mol. The Kier molecular flexibility index (Phi) is 4.45. The van der Waals surface area contributed by atoms with Gasteiger partial charge < -0.3 is 30.4 Å². The largest absolute Gasteiger partial charge is 0.396 e. The van der Waals surface area contributed by atoms with Crippen molar-refractivity contribution in [3.05, 3.63) is 0 Å². The highest BCUT2D eigenvalue weighted by atomic mass is 31.2. The predicted octanol–water partition coefficient (Wildman–Crippen LogP) is -1.27. The third-order valence-electron chi connectivity index (χ3n) is 1.71. The van der Waals surface area contributed by atoms with Gasteiger partial charge in [0.2, 0.25) is 5.02 Å². The molecule has 0 aromatic carbocycles. The second kappa shape index (κ2) is 4.38. The van der Waals surface area contributed by atoms with Crippen molar-refractivity contribution < 1.29 is 33.8 Å². The summed E-state index contributed by atoms with van der Waals surface area (Å²) in [7, 11) is -10.3. The smallest absolute Gasteiger partial charge is 0.357 e. The second-order valence-corrected chi connectivity index (χ2v) is 6.92. The van der Waals surface area contributed by atoms with Crippen molar-refractivity contribution in [3.8, 4) is 0 Å². The van der Waals surface area contributed by atoms with Crippen molar-refractivity contribution in [3.63, 3.8) is 0 Å². The summed E-state index contributed by atoms with van der Waals surface area (Å²) >= 11 is 0. The van der Waals surface area contributed by atoms with Crippen LogP contribution in [-0.4, -0.2) is 36.3 Å². The first-order valence-electron chi connectivity index (χ1n) is 3.57. The molecule has 86 valence electrons. The summed E-state index contributed by atoms with van der Waals surface area (Å²) in [4.78, 5) is 34.8. The van der Waals surface area contributed by atoms with E-state index in [9.17, 15) is 9.13 Å². The van der Waals surface area contributed by atoms with Crippen molar-refractivity contribution in [2.24, 2.45) is 5.73 Å². The van der Waals surface area contributed by atoms with Crippen molar-refractivity contribution in [1.82, 2.24) is 0 Å². The normalized spacial score (nSPS) is 14.4. The van der Waals surface area contributed by atoms with E-state index in [-0.39, 0.29) is 6.42 Å². The minimum Gasteiger partial charge on any atom is -0.396 e. The number of nitrogens with two attached hydrogens (primary N) is 1. The molecule has 0 amide bonds. The molecule has 0 aromatic heterocycles. The zero-order valence-electron chi connectivity index (χ0n) is 7.15. The molecule has 0 bridgehead atoms. The van der Waals surface area contributed by atoms with Gasteiger partial charge in [0.25, 0.3) is 0 Å². The van der Waals surface area contributed by atoms with Crippen LogP contribution in [0.15, 0.2) is 0 Å². The van der Waals surface area contributed by atoms with E-state index < -0.39 is 33.2 Å². The third-order valence-corrected chi connectivity index (χ3v) is 5.74. The Labute approximate surface area is 80.1 Å². The Morgan fingerprint density at radius 2 is 1.43 bits per heavy atom. The molecule has 7 N–H and O–H groups in total. The van der Waals surface area contributed by atoms with Crippen LogP contribution in [0.1, 0.15) is 12.8 Å². The first-order chi connectivity index (χ1) is 6.06. The second-order valence-electron chi connectivity index (χ2n) is 2.79. The lowest BCUT2D eigenvalue weighted by molar-refractivity contribution is 0.263. The molecule has 0 aromatic rings. The Morgan fingerprint density at radius 1 is 1.07 bits per heavy atom. The maximum absolute atomic E-state index is 10.8. The van der Waals surface area contributed by atoms with E-state index in [0.717, 1.165) is 0 Å². The van der Waals surface area contributed by atoms with Crippen molar-refractivity contribution >= 4 is 15.2 Å². The van der Waals surface area contributed by atoms with Crippen LogP contribution in [0.5, 0.6) is 0 Å². The minimum atomic E-state index is -5.14. The molecule has 0 aliphatic heterocycles. The van der Waals surface area contributed by atoms with E-state index in [0.29, 0.717) is 0 Å². The number of aliphatic hydroxyl groups excluding tert-OH is 1. The molecule has 0 unspecified atom stereocenters. The SMILES string of the molecule is NC(CCCO)(P(=O)(O)O)P(=O)(O)O. The monoisotopic (exact) mass is 249 g/mol. The molecule has 0 saturated heterocycles. The lowest BCUT2D eigenvalue weighted by Gasteiger charge is -2.30. The maximum Gasteiger partial charge on any atom is 0.357 e. The fourth-order valence-electron chi connectivity index (χ4n) is 0.800. The van der Waals surface area contributed by atoms with Gasteiger partial charge in [0, 0.05) is 6.61 Å². The predicted molar refractivity (Wildman–Crippen MR) is 47.3 cm³/mol. The summed E-state index contributed by atoms with van der Waals surface area (Å²) in [6, 6.07) is 0. The standard InChI is InChI=1S/C4H13NO7P2/c5-4(2-1-3-6,13(7,8)9)14(10,11)12/h6H,1-3,5H2,(H2,7,8,9)(H2,10,11,12). The molecule has 0 rings (SSSR count).